The van der Waals surface area contributed by atoms with Gasteiger partial charge in [0, 0.05) is 0 Å². The molecule has 302 valence electrons. The van der Waals surface area contributed by atoms with Crippen molar-refractivity contribution in [3.05, 3.63) is 59.7 Å². The fraction of sp³-hybridized carbons (Fsp3) is 0.721. The van der Waals surface area contributed by atoms with Crippen LogP contribution in [0.1, 0.15) is 147 Å². The lowest BCUT2D eigenvalue weighted by atomic mass is 9.78. The molecule has 53 heavy (non-hydrogen) atoms. The molecule has 2 aliphatic carbocycles. The van der Waals surface area contributed by atoms with E-state index < -0.39 is 25.1 Å². The molecule has 0 spiro atoms. The summed E-state index contributed by atoms with van der Waals surface area (Å²) in [6.07, 6.45) is 9.86. The van der Waals surface area contributed by atoms with Crippen molar-refractivity contribution in [2.24, 2.45) is 23.7 Å². The van der Waals surface area contributed by atoms with Crippen LogP contribution in [0, 0.1) is 23.7 Å². The highest BCUT2D eigenvalue weighted by Gasteiger charge is 2.44. The first-order valence-electron chi connectivity index (χ1n) is 20.2. The Labute approximate surface area is 312 Å². The Morgan fingerprint density at radius 1 is 0.472 bits per heavy atom. The average Bonchev–Trinajstić information content (AvgIpc) is 3.14. The van der Waals surface area contributed by atoms with Gasteiger partial charge in [0.15, 0.2) is 0 Å². The number of halogens is 8. The van der Waals surface area contributed by atoms with E-state index in [0.29, 0.717) is 0 Å². The van der Waals surface area contributed by atoms with Gasteiger partial charge in [-0.2, -0.15) is 35.1 Å². The minimum Gasteiger partial charge on any atom is -0.428 e. The van der Waals surface area contributed by atoms with E-state index in [9.17, 15) is 35.1 Å². The van der Waals surface area contributed by atoms with Crippen molar-refractivity contribution in [3.8, 4) is 11.5 Å². The fourth-order valence-electron chi connectivity index (χ4n) is 7.75. The van der Waals surface area contributed by atoms with Gasteiger partial charge in [-0.3, -0.25) is 0 Å². The van der Waals surface area contributed by atoms with E-state index in [1.807, 2.05) is 0 Å². The van der Waals surface area contributed by atoms with Crippen LogP contribution in [0.5, 0.6) is 11.5 Å². The molecule has 10 heteroatoms. The molecule has 0 radical (unpaired) electrons. The first kappa shape index (κ1) is 44.9. The molecule has 0 bridgehead atoms. The highest BCUT2D eigenvalue weighted by atomic mass is 19.3. The maximum absolute atomic E-state index is 12.9. The molecule has 0 aromatic heterocycles. The zero-order valence-corrected chi connectivity index (χ0v) is 31.8. The van der Waals surface area contributed by atoms with Crippen LogP contribution in [0.15, 0.2) is 48.5 Å². The third kappa shape index (κ3) is 17.2. The quantitative estimate of drug-likeness (QED) is 0.0931. The third-order valence-corrected chi connectivity index (χ3v) is 11.2. The Morgan fingerprint density at radius 2 is 0.774 bits per heavy atom. The van der Waals surface area contributed by atoms with Crippen LogP contribution in [0.3, 0.4) is 0 Å². The topological polar surface area (TPSA) is 18.5 Å². The summed E-state index contributed by atoms with van der Waals surface area (Å²) in [4.78, 5) is 0. The van der Waals surface area contributed by atoms with Gasteiger partial charge in [-0.15, -0.1) is 0 Å². The van der Waals surface area contributed by atoms with E-state index in [4.69, 9.17) is 0 Å². The largest absolute Gasteiger partial charge is 0.461 e. The van der Waals surface area contributed by atoms with Gasteiger partial charge in [-0.25, -0.2) is 0 Å². The maximum atomic E-state index is 12.9. The van der Waals surface area contributed by atoms with Gasteiger partial charge < -0.3 is 9.47 Å². The molecule has 4 rings (SSSR count). The molecule has 0 N–H and O–H groups in total. The summed E-state index contributed by atoms with van der Waals surface area (Å²) < 4.78 is 108. The first-order valence-corrected chi connectivity index (χ1v) is 20.2. The van der Waals surface area contributed by atoms with Crippen molar-refractivity contribution in [3.63, 3.8) is 0 Å². The Kier molecular flexibility index (Phi) is 19.8. The van der Waals surface area contributed by atoms with Gasteiger partial charge in [0.2, 0.25) is 0 Å². The summed E-state index contributed by atoms with van der Waals surface area (Å²) >= 11 is 0. The maximum Gasteiger partial charge on any atom is 0.461 e. The minimum absolute atomic E-state index is 0.229. The van der Waals surface area contributed by atoms with Gasteiger partial charge in [-0.1, -0.05) is 147 Å². The fourth-order valence-corrected chi connectivity index (χ4v) is 7.75. The summed E-state index contributed by atoms with van der Waals surface area (Å²) in [5.41, 5.74) is 2.06. The summed E-state index contributed by atoms with van der Waals surface area (Å²) in [6, 6.07) is 12.1. The van der Waals surface area contributed by atoms with Gasteiger partial charge in [0.05, 0.1) is 0 Å². The summed E-state index contributed by atoms with van der Waals surface area (Å²) in [5.74, 6) is 2.79. The first-order chi connectivity index (χ1) is 25.3. The van der Waals surface area contributed by atoms with Gasteiger partial charge in [0.1, 0.15) is 11.5 Å². The number of hydrogen-bond acceptors (Lipinski definition) is 2. The van der Waals surface area contributed by atoms with Crippen molar-refractivity contribution in [2.75, 3.05) is 0 Å². The molecular weight excluding hydrogens is 700 g/mol. The molecule has 0 saturated heterocycles. The predicted molar refractivity (Wildman–Crippen MR) is 196 cm³/mol. The number of benzene rings is 2. The molecule has 2 aliphatic rings. The van der Waals surface area contributed by atoms with Crippen molar-refractivity contribution in [1.82, 2.24) is 0 Å². The Hall–Kier alpha value is -2.52. The van der Waals surface area contributed by atoms with Crippen molar-refractivity contribution in [2.45, 2.75) is 174 Å². The Bertz CT molecular complexity index is 1220. The molecule has 0 heterocycles. The van der Waals surface area contributed by atoms with E-state index in [2.05, 4.69) is 23.3 Å². The normalized spacial score (nSPS) is 21.0. The molecular formula is C43H62F8O2. The van der Waals surface area contributed by atoms with E-state index >= 15 is 0 Å². The van der Waals surface area contributed by atoms with Crippen LogP contribution >= 0.6 is 0 Å². The number of rotatable bonds is 21. The lowest BCUT2D eigenvalue weighted by Gasteiger charge is -2.28. The molecule has 0 atom stereocenters. The standard InChI is InChI=1S/C22H32F4O.C21H30F4O/c1-2-3-4-5-6-17-7-9-18(10-8-17)11-12-19-13-15-20(16-14-19)27-22(25,26)21(23)24;1-2-3-4-5-16-6-8-17(9-7-16)10-11-18-12-14-19(15-13-18)26-21(24,25)20(22)23/h13-18,21H,2-12H2,1H3;12-17,20H,2-11H2,1H3/t;16-,17-. The molecule has 2 fully saturated rings. The lowest BCUT2D eigenvalue weighted by molar-refractivity contribution is -0.253. The zero-order valence-electron chi connectivity index (χ0n) is 31.8. The molecule has 2 nitrogen and oxygen atoms in total. The molecule has 2 aromatic rings. The van der Waals surface area contributed by atoms with E-state index in [-0.39, 0.29) is 11.5 Å². The van der Waals surface area contributed by atoms with Crippen LogP contribution < -0.4 is 9.47 Å². The molecule has 0 amide bonds. The number of ether oxygens (including phenoxy) is 2. The minimum atomic E-state index is -4.45. The number of hydrogen-bond donors (Lipinski definition) is 0. The average molecular weight is 763 g/mol. The number of unbranched alkanes of at least 4 members (excludes halogenated alkanes) is 5. The lowest BCUT2D eigenvalue weighted by Crippen LogP contribution is -2.33. The summed E-state index contributed by atoms with van der Waals surface area (Å²) in [7, 11) is 0. The SMILES string of the molecule is CCCCCCC1CCC(CCc2ccc(OC(F)(F)C(F)F)cc2)CC1.CCCCC[C@H]1CC[C@H](CCc2ccc(OC(F)(F)C(F)F)cc2)CC1. The Balaban J connectivity index is 0.000000286. The van der Waals surface area contributed by atoms with Crippen LogP contribution in [0.2, 0.25) is 0 Å². The van der Waals surface area contributed by atoms with Crippen molar-refractivity contribution in [1.29, 1.82) is 0 Å². The molecule has 0 unspecified atom stereocenters. The van der Waals surface area contributed by atoms with Crippen molar-refractivity contribution >= 4 is 0 Å². The van der Waals surface area contributed by atoms with Crippen LogP contribution in [-0.4, -0.2) is 25.1 Å². The van der Waals surface area contributed by atoms with Crippen LogP contribution in [-0.2, 0) is 12.8 Å². The Morgan fingerprint density at radius 3 is 1.09 bits per heavy atom. The summed E-state index contributed by atoms with van der Waals surface area (Å²) in [5, 5.41) is 0. The van der Waals surface area contributed by atoms with Gasteiger partial charge in [-0.05, 0) is 84.7 Å². The van der Waals surface area contributed by atoms with E-state index in [1.54, 1.807) is 24.3 Å². The van der Waals surface area contributed by atoms with Crippen LogP contribution in [0.4, 0.5) is 35.1 Å². The zero-order chi connectivity index (χ0) is 38.7. The van der Waals surface area contributed by atoms with Crippen molar-refractivity contribution < 1.29 is 44.6 Å². The van der Waals surface area contributed by atoms with Gasteiger partial charge in [0.25, 0.3) is 0 Å². The van der Waals surface area contributed by atoms with Gasteiger partial charge >= 0.3 is 25.1 Å². The number of alkyl halides is 8. The summed E-state index contributed by atoms with van der Waals surface area (Å²) in [6.45, 7) is 4.48. The monoisotopic (exact) mass is 762 g/mol. The van der Waals surface area contributed by atoms with E-state index in [1.165, 1.54) is 133 Å². The molecule has 2 aromatic carbocycles. The predicted octanol–water partition coefficient (Wildman–Crippen LogP) is 14.9. The molecule has 0 aliphatic heterocycles. The smallest absolute Gasteiger partial charge is 0.428 e. The third-order valence-electron chi connectivity index (χ3n) is 11.2. The highest BCUT2D eigenvalue weighted by molar-refractivity contribution is 5.28. The van der Waals surface area contributed by atoms with E-state index in [0.717, 1.165) is 60.5 Å². The second-order valence-corrected chi connectivity index (χ2v) is 15.4. The second-order valence-electron chi connectivity index (χ2n) is 15.4. The van der Waals surface area contributed by atoms with Crippen LogP contribution in [0.25, 0.3) is 0 Å². The molecule has 2 saturated carbocycles. The number of aryl methyl sites for hydroxylation is 2. The second kappa shape index (κ2) is 23.4. The highest BCUT2D eigenvalue weighted by Crippen LogP contribution is 2.36.